The first-order chi connectivity index (χ1) is 7.65. The first-order valence-corrected chi connectivity index (χ1v) is 5.20. The number of nitrogens with one attached hydrogen (secondary N) is 1. The zero-order valence-corrected chi connectivity index (χ0v) is 9.63. The van der Waals surface area contributed by atoms with Gasteiger partial charge in [0.2, 0.25) is 0 Å². The molecule has 0 aliphatic heterocycles. The smallest absolute Gasteiger partial charge is 0.151 e. The van der Waals surface area contributed by atoms with Crippen molar-refractivity contribution in [3.05, 3.63) is 40.6 Å². The van der Waals surface area contributed by atoms with E-state index in [0.29, 0.717) is 21.7 Å². The van der Waals surface area contributed by atoms with Gasteiger partial charge in [-0.05, 0) is 18.2 Å². The van der Waals surface area contributed by atoms with Crippen molar-refractivity contribution in [3.8, 4) is 0 Å². The molecule has 0 bridgehead atoms. The fourth-order valence-electron chi connectivity index (χ4n) is 1.16. The highest BCUT2D eigenvalue weighted by atomic mass is 35.5. The first-order valence-electron chi connectivity index (χ1n) is 4.45. The lowest BCUT2D eigenvalue weighted by molar-refractivity contribution is 1.21. The second-order valence-electron chi connectivity index (χ2n) is 3.08. The van der Waals surface area contributed by atoms with E-state index < -0.39 is 0 Å². The van der Waals surface area contributed by atoms with Crippen LogP contribution >= 0.6 is 23.2 Å². The third-order valence-corrected chi connectivity index (χ3v) is 2.58. The van der Waals surface area contributed by atoms with Crippen LogP contribution in [-0.2, 0) is 0 Å². The molecular weight excluding hydrogens is 247 g/mol. The molecule has 1 aromatic carbocycles. The van der Waals surface area contributed by atoms with Gasteiger partial charge < -0.3 is 11.1 Å². The normalized spacial score (nSPS) is 10.1. The topological polar surface area (TPSA) is 63.8 Å². The van der Waals surface area contributed by atoms with E-state index in [9.17, 15) is 0 Å². The van der Waals surface area contributed by atoms with Gasteiger partial charge in [-0.15, -0.1) is 0 Å². The quantitative estimate of drug-likeness (QED) is 0.865. The highest BCUT2D eigenvalue weighted by Crippen LogP contribution is 2.26. The molecule has 0 radical (unpaired) electrons. The maximum atomic E-state index is 5.88. The Morgan fingerprint density at radius 1 is 1.12 bits per heavy atom. The van der Waals surface area contributed by atoms with Crippen LogP contribution in [0.15, 0.2) is 30.6 Å². The zero-order chi connectivity index (χ0) is 11.5. The largest absolute Gasteiger partial charge is 0.382 e. The molecule has 0 saturated heterocycles. The van der Waals surface area contributed by atoms with Gasteiger partial charge in [-0.1, -0.05) is 23.2 Å². The Labute approximate surface area is 102 Å². The summed E-state index contributed by atoms with van der Waals surface area (Å²) in [5.41, 5.74) is 6.28. The summed E-state index contributed by atoms with van der Waals surface area (Å²) in [6.45, 7) is 0. The highest BCUT2D eigenvalue weighted by molar-refractivity contribution is 6.42. The molecule has 82 valence electrons. The molecule has 6 heteroatoms. The van der Waals surface area contributed by atoms with Crippen LogP contribution in [0.1, 0.15) is 0 Å². The molecule has 4 nitrogen and oxygen atoms in total. The van der Waals surface area contributed by atoms with Gasteiger partial charge in [0.15, 0.2) is 5.82 Å². The summed E-state index contributed by atoms with van der Waals surface area (Å²) in [5, 5.41) is 4.00. The van der Waals surface area contributed by atoms with Gasteiger partial charge in [0, 0.05) is 5.69 Å². The third-order valence-electron chi connectivity index (χ3n) is 1.85. The Morgan fingerprint density at radius 2 is 1.94 bits per heavy atom. The molecule has 0 aliphatic rings. The lowest BCUT2D eigenvalue weighted by Crippen LogP contribution is -1.98. The number of benzene rings is 1. The second kappa shape index (κ2) is 4.55. The fourth-order valence-corrected chi connectivity index (χ4v) is 1.46. The predicted octanol–water partition coefficient (Wildman–Crippen LogP) is 3.11. The highest BCUT2D eigenvalue weighted by Gasteiger charge is 2.01. The van der Waals surface area contributed by atoms with Crippen LogP contribution in [0.2, 0.25) is 10.0 Å². The summed E-state index contributed by atoms with van der Waals surface area (Å²) in [6, 6.07) is 5.19. The minimum atomic E-state index is 0.352. The Bertz CT molecular complexity index is 516. The number of halogens is 2. The lowest BCUT2D eigenvalue weighted by atomic mass is 10.3. The van der Waals surface area contributed by atoms with Crippen LogP contribution in [0.25, 0.3) is 0 Å². The number of hydrogen-bond donors (Lipinski definition) is 2. The van der Waals surface area contributed by atoms with E-state index >= 15 is 0 Å². The molecule has 0 spiro atoms. The van der Waals surface area contributed by atoms with E-state index in [4.69, 9.17) is 28.9 Å². The van der Waals surface area contributed by atoms with E-state index in [0.717, 1.165) is 5.69 Å². The molecule has 0 atom stereocenters. The number of nitrogen functional groups attached to an aromatic ring is 1. The number of rotatable bonds is 2. The van der Waals surface area contributed by atoms with Gasteiger partial charge in [0.05, 0.1) is 22.4 Å². The molecule has 0 saturated carbocycles. The number of hydrogen-bond acceptors (Lipinski definition) is 4. The molecule has 2 aromatic rings. The van der Waals surface area contributed by atoms with E-state index in [1.165, 1.54) is 6.20 Å². The number of aromatic nitrogens is 2. The van der Waals surface area contributed by atoms with E-state index in [2.05, 4.69) is 15.3 Å². The first kappa shape index (κ1) is 11.0. The molecular formula is C10H8Cl2N4. The molecule has 0 amide bonds. The monoisotopic (exact) mass is 254 g/mol. The second-order valence-corrected chi connectivity index (χ2v) is 3.90. The molecule has 0 fully saturated rings. The molecule has 16 heavy (non-hydrogen) atoms. The van der Waals surface area contributed by atoms with Gasteiger partial charge in [-0.3, -0.25) is 4.98 Å². The molecule has 2 rings (SSSR count). The average molecular weight is 255 g/mol. The Kier molecular flexibility index (Phi) is 3.12. The van der Waals surface area contributed by atoms with Crippen molar-refractivity contribution in [2.24, 2.45) is 0 Å². The van der Waals surface area contributed by atoms with Crippen molar-refractivity contribution < 1.29 is 0 Å². The number of nitrogens with zero attached hydrogens (tertiary/aromatic N) is 2. The van der Waals surface area contributed by atoms with Gasteiger partial charge in [-0.2, -0.15) is 0 Å². The maximum Gasteiger partial charge on any atom is 0.151 e. The van der Waals surface area contributed by atoms with Crippen molar-refractivity contribution >= 4 is 40.5 Å². The lowest BCUT2D eigenvalue weighted by Gasteiger charge is -2.06. The van der Waals surface area contributed by atoms with Gasteiger partial charge in [-0.25, -0.2) is 4.98 Å². The Morgan fingerprint density at radius 3 is 2.62 bits per heavy atom. The van der Waals surface area contributed by atoms with Crippen LogP contribution in [0.3, 0.4) is 0 Å². The van der Waals surface area contributed by atoms with Crippen LogP contribution in [0, 0.1) is 0 Å². The third kappa shape index (κ3) is 2.53. The van der Waals surface area contributed by atoms with E-state index in [-0.39, 0.29) is 0 Å². The van der Waals surface area contributed by atoms with Crippen molar-refractivity contribution in [2.75, 3.05) is 11.1 Å². The summed E-state index contributed by atoms with van der Waals surface area (Å²) in [4.78, 5) is 7.96. The molecule has 1 heterocycles. The van der Waals surface area contributed by atoms with E-state index in [1.54, 1.807) is 24.4 Å². The van der Waals surface area contributed by atoms with Crippen molar-refractivity contribution in [3.63, 3.8) is 0 Å². The summed E-state index contributed by atoms with van der Waals surface area (Å²) in [6.07, 6.45) is 3.04. The van der Waals surface area contributed by atoms with Crippen LogP contribution in [0.4, 0.5) is 17.3 Å². The van der Waals surface area contributed by atoms with Gasteiger partial charge in [0.25, 0.3) is 0 Å². The summed E-state index contributed by atoms with van der Waals surface area (Å²) in [5.74, 6) is 0.906. The Hall–Kier alpha value is -1.52. The standard InChI is InChI=1S/C10H8Cl2N4/c11-7-2-1-6(3-8(7)12)15-10-5-14-4-9(13)16-10/h1-5H,(H3,13,15,16). The van der Waals surface area contributed by atoms with E-state index in [1.807, 2.05) is 0 Å². The molecule has 1 aromatic heterocycles. The predicted molar refractivity (Wildman–Crippen MR) is 66.2 cm³/mol. The average Bonchev–Trinajstić information content (AvgIpc) is 2.24. The van der Waals surface area contributed by atoms with Gasteiger partial charge in [0.1, 0.15) is 5.82 Å². The molecule has 0 aliphatic carbocycles. The van der Waals surface area contributed by atoms with Crippen LogP contribution in [-0.4, -0.2) is 9.97 Å². The molecule has 0 unspecified atom stereocenters. The van der Waals surface area contributed by atoms with Crippen molar-refractivity contribution in [1.29, 1.82) is 0 Å². The van der Waals surface area contributed by atoms with Gasteiger partial charge >= 0.3 is 0 Å². The maximum absolute atomic E-state index is 5.88. The Balaban J connectivity index is 2.24. The molecule has 3 N–H and O–H groups in total. The summed E-state index contributed by atoms with van der Waals surface area (Å²) >= 11 is 11.7. The summed E-state index contributed by atoms with van der Waals surface area (Å²) < 4.78 is 0. The zero-order valence-electron chi connectivity index (χ0n) is 8.11. The summed E-state index contributed by atoms with van der Waals surface area (Å²) in [7, 11) is 0. The van der Waals surface area contributed by atoms with Crippen molar-refractivity contribution in [1.82, 2.24) is 9.97 Å². The van der Waals surface area contributed by atoms with Crippen LogP contribution in [0.5, 0.6) is 0 Å². The minimum absolute atomic E-state index is 0.352. The SMILES string of the molecule is Nc1cncc(Nc2ccc(Cl)c(Cl)c2)n1. The number of nitrogens with two attached hydrogens (primary N) is 1. The minimum Gasteiger partial charge on any atom is -0.382 e. The van der Waals surface area contributed by atoms with Crippen LogP contribution < -0.4 is 11.1 Å². The van der Waals surface area contributed by atoms with Crippen molar-refractivity contribution in [2.45, 2.75) is 0 Å². The number of anilines is 3. The fraction of sp³-hybridized carbons (Fsp3) is 0.